The summed E-state index contributed by atoms with van der Waals surface area (Å²) >= 11 is 0. The van der Waals surface area contributed by atoms with E-state index in [-0.39, 0.29) is 23.9 Å². The first-order chi connectivity index (χ1) is 17.3. The van der Waals surface area contributed by atoms with Crippen molar-refractivity contribution in [1.29, 1.82) is 0 Å². The Hall–Kier alpha value is -2.48. The molecule has 0 saturated heterocycles. The Balaban J connectivity index is 1.52. The SMILES string of the molecule is CC(C)[C@H](C[C@H](O)C(C)C)OC(=O)CCCCc1ccc(P(c2ccccc2)c2ccccc2)cc1. The zero-order valence-electron chi connectivity index (χ0n) is 22.1. The Morgan fingerprint density at radius 1 is 0.750 bits per heavy atom. The second kappa shape index (κ2) is 14.3. The van der Waals surface area contributed by atoms with Crippen LogP contribution in [-0.2, 0) is 16.0 Å². The third kappa shape index (κ3) is 8.57. The van der Waals surface area contributed by atoms with Crippen molar-refractivity contribution in [2.75, 3.05) is 0 Å². The van der Waals surface area contributed by atoms with Crippen LogP contribution in [0.2, 0.25) is 0 Å². The van der Waals surface area contributed by atoms with Crippen molar-refractivity contribution in [1.82, 2.24) is 0 Å². The van der Waals surface area contributed by atoms with Crippen molar-refractivity contribution in [3.05, 3.63) is 90.5 Å². The minimum atomic E-state index is -0.587. The Bertz CT molecular complexity index is 993. The molecule has 3 rings (SSSR count). The lowest BCUT2D eigenvalue weighted by Gasteiger charge is -2.25. The fourth-order valence-corrected chi connectivity index (χ4v) is 6.49. The quantitative estimate of drug-likeness (QED) is 0.173. The molecule has 0 aliphatic rings. The van der Waals surface area contributed by atoms with Gasteiger partial charge in [0.15, 0.2) is 0 Å². The van der Waals surface area contributed by atoms with E-state index in [4.69, 9.17) is 4.74 Å². The predicted octanol–water partition coefficient (Wildman–Crippen LogP) is 6.13. The first-order valence-corrected chi connectivity index (χ1v) is 14.6. The van der Waals surface area contributed by atoms with E-state index in [0.717, 1.165) is 19.3 Å². The molecule has 0 aromatic heterocycles. The number of hydrogen-bond acceptors (Lipinski definition) is 3. The molecule has 36 heavy (non-hydrogen) atoms. The number of aliphatic hydroxyl groups is 1. The third-order valence-electron chi connectivity index (χ3n) is 6.59. The second-order valence-electron chi connectivity index (χ2n) is 10.2. The molecule has 3 nitrogen and oxygen atoms in total. The first-order valence-electron chi connectivity index (χ1n) is 13.2. The standard InChI is InChI=1S/C32H41O3P/c1-24(2)30(33)23-31(25(3)4)35-32(34)18-12-11-13-26-19-21-29(22-20-26)36(27-14-7-5-8-15-27)28-16-9-6-10-17-28/h5-10,14-17,19-22,24-25,30-31,33H,11-13,18,23H2,1-4H3/t30-,31-/m0/s1. The summed E-state index contributed by atoms with van der Waals surface area (Å²) in [7, 11) is -0.587. The van der Waals surface area contributed by atoms with Crippen LogP contribution < -0.4 is 15.9 Å². The molecule has 0 fully saturated rings. The maximum atomic E-state index is 12.4. The Morgan fingerprint density at radius 3 is 1.78 bits per heavy atom. The van der Waals surface area contributed by atoms with Gasteiger partial charge in [0.2, 0.25) is 0 Å². The number of aryl methyl sites for hydroxylation is 1. The number of hydrogen-bond donors (Lipinski definition) is 1. The molecule has 0 spiro atoms. The lowest BCUT2D eigenvalue weighted by molar-refractivity contribution is -0.153. The molecule has 0 aliphatic carbocycles. The highest BCUT2D eigenvalue weighted by Gasteiger charge is 2.23. The fourth-order valence-electron chi connectivity index (χ4n) is 4.21. The monoisotopic (exact) mass is 504 g/mol. The number of carbonyl (C=O) groups excluding carboxylic acids is 1. The van der Waals surface area contributed by atoms with Gasteiger partial charge in [-0.15, -0.1) is 0 Å². The summed E-state index contributed by atoms with van der Waals surface area (Å²) in [5.74, 6) is 0.197. The van der Waals surface area contributed by atoms with Gasteiger partial charge in [-0.1, -0.05) is 113 Å². The summed E-state index contributed by atoms with van der Waals surface area (Å²) in [6.45, 7) is 8.05. The minimum absolute atomic E-state index is 0.156. The average molecular weight is 505 g/mol. The van der Waals surface area contributed by atoms with Gasteiger partial charge in [-0.05, 0) is 60.5 Å². The zero-order valence-corrected chi connectivity index (χ0v) is 23.0. The van der Waals surface area contributed by atoms with Crippen molar-refractivity contribution >= 4 is 29.8 Å². The lowest BCUT2D eigenvalue weighted by atomic mass is 9.95. The van der Waals surface area contributed by atoms with Gasteiger partial charge >= 0.3 is 5.97 Å². The minimum Gasteiger partial charge on any atom is -0.462 e. The molecule has 0 radical (unpaired) electrons. The van der Waals surface area contributed by atoms with E-state index < -0.39 is 14.0 Å². The van der Waals surface area contributed by atoms with E-state index in [1.807, 2.05) is 27.7 Å². The second-order valence-corrected chi connectivity index (χ2v) is 12.4. The van der Waals surface area contributed by atoms with E-state index >= 15 is 0 Å². The highest BCUT2D eigenvalue weighted by Crippen LogP contribution is 2.32. The van der Waals surface area contributed by atoms with E-state index in [9.17, 15) is 9.90 Å². The molecule has 0 saturated carbocycles. The largest absolute Gasteiger partial charge is 0.462 e. The highest BCUT2D eigenvalue weighted by molar-refractivity contribution is 7.79. The zero-order chi connectivity index (χ0) is 25.9. The molecule has 0 bridgehead atoms. The average Bonchev–Trinajstić information content (AvgIpc) is 2.88. The molecule has 192 valence electrons. The van der Waals surface area contributed by atoms with Gasteiger partial charge < -0.3 is 9.84 Å². The summed E-state index contributed by atoms with van der Waals surface area (Å²) in [6, 6.07) is 30.5. The molecule has 1 N–H and O–H groups in total. The van der Waals surface area contributed by atoms with Crippen LogP contribution in [0.15, 0.2) is 84.9 Å². The Morgan fingerprint density at radius 2 is 1.28 bits per heavy atom. The first kappa shape index (κ1) is 28.1. The molecule has 3 aromatic carbocycles. The molecule has 0 amide bonds. The van der Waals surface area contributed by atoms with Gasteiger partial charge in [0.25, 0.3) is 0 Å². The number of benzene rings is 3. The predicted molar refractivity (Wildman–Crippen MR) is 153 cm³/mol. The van der Waals surface area contributed by atoms with Gasteiger partial charge in [0.05, 0.1) is 6.10 Å². The van der Waals surface area contributed by atoms with Crippen molar-refractivity contribution < 1.29 is 14.6 Å². The fraction of sp³-hybridized carbons (Fsp3) is 0.406. The number of ether oxygens (including phenoxy) is 1. The number of rotatable bonds is 13. The number of carbonyl (C=O) groups is 1. The van der Waals surface area contributed by atoms with Crippen LogP contribution in [0.1, 0.15) is 58.9 Å². The normalized spacial score (nSPS) is 13.2. The summed E-state index contributed by atoms with van der Waals surface area (Å²) < 4.78 is 5.71. The van der Waals surface area contributed by atoms with Crippen LogP contribution in [0.25, 0.3) is 0 Å². The van der Waals surface area contributed by atoms with Crippen LogP contribution in [-0.4, -0.2) is 23.3 Å². The van der Waals surface area contributed by atoms with Crippen molar-refractivity contribution in [2.45, 2.75) is 72.0 Å². The van der Waals surface area contributed by atoms with Crippen LogP contribution in [0.4, 0.5) is 0 Å². The smallest absolute Gasteiger partial charge is 0.306 e. The molecular formula is C32H41O3P. The van der Waals surface area contributed by atoms with Gasteiger partial charge in [-0.25, -0.2) is 0 Å². The molecule has 2 atom stereocenters. The van der Waals surface area contributed by atoms with E-state index in [1.165, 1.54) is 21.5 Å². The van der Waals surface area contributed by atoms with Crippen LogP contribution in [0.3, 0.4) is 0 Å². The van der Waals surface area contributed by atoms with Crippen molar-refractivity contribution in [2.24, 2.45) is 11.8 Å². The van der Waals surface area contributed by atoms with E-state index in [1.54, 1.807) is 0 Å². The molecule has 0 aliphatic heterocycles. The topological polar surface area (TPSA) is 46.5 Å². The van der Waals surface area contributed by atoms with Gasteiger partial charge in [-0.2, -0.15) is 0 Å². The number of aliphatic hydroxyl groups excluding tert-OH is 1. The van der Waals surface area contributed by atoms with Crippen molar-refractivity contribution in [3.63, 3.8) is 0 Å². The van der Waals surface area contributed by atoms with Crippen LogP contribution in [0, 0.1) is 11.8 Å². The molecule has 4 heteroatoms. The molecule has 0 heterocycles. The van der Waals surface area contributed by atoms with Crippen molar-refractivity contribution in [3.8, 4) is 0 Å². The van der Waals surface area contributed by atoms with Gasteiger partial charge in [-0.3, -0.25) is 4.79 Å². The molecule has 3 aromatic rings. The summed E-state index contributed by atoms with van der Waals surface area (Å²) in [5.41, 5.74) is 1.29. The Labute approximate surface area is 218 Å². The van der Waals surface area contributed by atoms with Crippen LogP contribution >= 0.6 is 7.92 Å². The number of unbranched alkanes of at least 4 members (excludes halogenated alkanes) is 1. The van der Waals surface area contributed by atoms with Gasteiger partial charge in [0.1, 0.15) is 6.10 Å². The highest BCUT2D eigenvalue weighted by atomic mass is 31.1. The maximum Gasteiger partial charge on any atom is 0.306 e. The molecule has 0 unspecified atom stereocenters. The van der Waals surface area contributed by atoms with E-state index in [0.29, 0.717) is 12.8 Å². The third-order valence-corrected chi connectivity index (χ3v) is 9.03. The lowest BCUT2D eigenvalue weighted by Crippen LogP contribution is -2.30. The summed E-state index contributed by atoms with van der Waals surface area (Å²) in [6.07, 6.45) is 2.95. The summed E-state index contributed by atoms with van der Waals surface area (Å²) in [5, 5.41) is 14.2. The van der Waals surface area contributed by atoms with Gasteiger partial charge in [0, 0.05) is 12.8 Å². The Kier molecular flexibility index (Phi) is 11.2. The maximum absolute atomic E-state index is 12.4. The molecular weight excluding hydrogens is 463 g/mol. The van der Waals surface area contributed by atoms with E-state index in [2.05, 4.69) is 84.9 Å². The number of esters is 1. The van der Waals surface area contributed by atoms with Crippen LogP contribution in [0.5, 0.6) is 0 Å². The summed E-state index contributed by atoms with van der Waals surface area (Å²) in [4.78, 5) is 12.4.